The number of carbonyl (C=O) groups is 2. The molecule has 1 rings (SSSR count). The van der Waals surface area contributed by atoms with E-state index in [9.17, 15) is 9.59 Å². The molecule has 0 saturated carbocycles. The van der Waals surface area contributed by atoms with Crippen LogP contribution in [-0.2, 0) is 4.79 Å². The molecule has 1 aromatic carbocycles. The molecule has 0 bridgehead atoms. The average Bonchev–Trinajstić information content (AvgIpc) is 2.20. The van der Waals surface area contributed by atoms with Crippen molar-refractivity contribution in [2.24, 2.45) is 0 Å². The topological polar surface area (TPSA) is 74.6 Å². The minimum absolute atomic E-state index is 0.216. The van der Waals surface area contributed by atoms with E-state index in [1.54, 1.807) is 25.1 Å². The molecule has 0 aliphatic carbocycles. The third kappa shape index (κ3) is 3.08. The van der Waals surface area contributed by atoms with Gasteiger partial charge in [0.05, 0.1) is 0 Å². The number of rotatable bonds is 4. The van der Waals surface area contributed by atoms with Crippen LogP contribution in [0.4, 0.5) is 0 Å². The van der Waals surface area contributed by atoms with E-state index in [0.29, 0.717) is 4.46 Å². The van der Waals surface area contributed by atoms with Gasteiger partial charge in [0.25, 0.3) is 0 Å². The molecule has 2 N–H and O–H groups in total. The monoisotopic (exact) mass is 288 g/mol. The van der Waals surface area contributed by atoms with Gasteiger partial charge in [-0.15, -0.1) is 0 Å². The van der Waals surface area contributed by atoms with E-state index in [4.69, 9.17) is 10.2 Å². The predicted molar refractivity (Wildman–Crippen MR) is 60.6 cm³/mol. The number of aliphatic carboxylic acids is 1. The summed E-state index contributed by atoms with van der Waals surface area (Å²) in [7, 11) is 0. The van der Waals surface area contributed by atoms with Crippen LogP contribution in [0.15, 0.2) is 18.2 Å². The van der Waals surface area contributed by atoms with Crippen molar-refractivity contribution in [2.75, 3.05) is 0 Å². The van der Waals surface area contributed by atoms with Gasteiger partial charge >= 0.3 is 99.1 Å². The van der Waals surface area contributed by atoms with Crippen molar-refractivity contribution in [3.05, 3.63) is 29.3 Å². The van der Waals surface area contributed by atoms with Crippen LogP contribution in [0, 0.1) is 6.92 Å². The fourth-order valence-electron chi connectivity index (χ4n) is 1.15. The van der Waals surface area contributed by atoms with Gasteiger partial charge < -0.3 is 0 Å². The van der Waals surface area contributed by atoms with Crippen LogP contribution in [0.3, 0.4) is 0 Å². The Balaban J connectivity index is 3.04. The number of aryl methyl sites for hydroxylation is 1. The molecule has 0 amide bonds. The fourth-order valence-corrected chi connectivity index (χ4v) is 3.05. The molecule has 5 heteroatoms. The summed E-state index contributed by atoms with van der Waals surface area (Å²) >= 11 is -0.368. The van der Waals surface area contributed by atoms with Crippen LogP contribution in [-0.4, -0.2) is 37.1 Å². The molecule has 4 nitrogen and oxygen atoms in total. The average molecular weight is 287 g/mol. The van der Waals surface area contributed by atoms with Gasteiger partial charge in [-0.25, -0.2) is 0 Å². The summed E-state index contributed by atoms with van der Waals surface area (Å²) in [6.07, 6.45) is 0. The summed E-state index contributed by atoms with van der Waals surface area (Å²) < 4.78 is 0.625. The summed E-state index contributed by atoms with van der Waals surface area (Å²) in [5.41, 5.74) is 1.08. The third-order valence-electron chi connectivity index (χ3n) is 2.02. The second-order valence-corrected chi connectivity index (χ2v) is 6.30. The summed E-state index contributed by atoms with van der Waals surface area (Å²) in [4.78, 5) is 21.2. The molecule has 0 heterocycles. The molecule has 1 atom stereocenters. The molecule has 0 radical (unpaired) electrons. The van der Waals surface area contributed by atoms with Crippen LogP contribution in [0.5, 0.6) is 0 Å². The Morgan fingerprint density at radius 3 is 2.44 bits per heavy atom. The quantitative estimate of drug-likeness (QED) is 0.807. The zero-order valence-corrected chi connectivity index (χ0v) is 10.6. The zero-order chi connectivity index (χ0) is 12.3. The molecule has 16 heavy (non-hydrogen) atoms. The summed E-state index contributed by atoms with van der Waals surface area (Å²) in [6, 6.07) is 5.09. The molecular formula is C11H12O4Se. The summed E-state index contributed by atoms with van der Waals surface area (Å²) in [5.74, 6) is -1.89. The molecule has 0 saturated heterocycles. The number of benzene rings is 1. The third-order valence-corrected chi connectivity index (χ3v) is 4.46. The van der Waals surface area contributed by atoms with Gasteiger partial charge in [-0.1, -0.05) is 0 Å². The van der Waals surface area contributed by atoms with E-state index in [-0.39, 0.29) is 20.5 Å². The normalized spacial score (nSPS) is 12.1. The number of carboxylic acid groups (broad SMARTS) is 2. The Bertz CT molecular complexity index is 428. The molecule has 86 valence electrons. The van der Waals surface area contributed by atoms with Gasteiger partial charge in [0.2, 0.25) is 0 Å². The Labute approximate surface area is 99.4 Å². The number of hydrogen-bond donors (Lipinski definition) is 2. The van der Waals surface area contributed by atoms with Gasteiger partial charge in [0.1, 0.15) is 0 Å². The molecule has 0 aliphatic heterocycles. The number of carboxylic acids is 2. The Hall–Kier alpha value is -1.32. The van der Waals surface area contributed by atoms with E-state index < -0.39 is 16.8 Å². The van der Waals surface area contributed by atoms with Gasteiger partial charge in [0.15, 0.2) is 0 Å². The number of hydrogen-bond acceptors (Lipinski definition) is 2. The van der Waals surface area contributed by atoms with Crippen molar-refractivity contribution in [1.82, 2.24) is 0 Å². The van der Waals surface area contributed by atoms with Gasteiger partial charge in [-0.05, 0) is 0 Å². The number of aromatic carboxylic acids is 1. The molecule has 1 unspecified atom stereocenters. The SMILES string of the molecule is Cc1ccc([Se]C(C)C(=O)O)c(C(=O)O)c1. The second-order valence-electron chi connectivity index (χ2n) is 3.40. The summed E-state index contributed by atoms with van der Waals surface area (Å²) in [5, 5.41) is 17.8. The van der Waals surface area contributed by atoms with Crippen molar-refractivity contribution in [2.45, 2.75) is 18.7 Å². The van der Waals surface area contributed by atoms with Crippen molar-refractivity contribution in [1.29, 1.82) is 0 Å². The first kappa shape index (κ1) is 12.7. The first-order chi connectivity index (χ1) is 7.41. The van der Waals surface area contributed by atoms with E-state index in [1.807, 2.05) is 6.92 Å². The second kappa shape index (κ2) is 5.14. The molecule has 1 aromatic rings. The van der Waals surface area contributed by atoms with E-state index in [2.05, 4.69) is 0 Å². The summed E-state index contributed by atoms with van der Waals surface area (Å²) in [6.45, 7) is 3.40. The van der Waals surface area contributed by atoms with E-state index >= 15 is 0 Å². The first-order valence-corrected chi connectivity index (χ1v) is 6.49. The van der Waals surface area contributed by atoms with Crippen LogP contribution >= 0.6 is 0 Å². The van der Waals surface area contributed by atoms with Gasteiger partial charge in [0, 0.05) is 0 Å². The fraction of sp³-hybridized carbons (Fsp3) is 0.273. The first-order valence-electron chi connectivity index (χ1n) is 4.65. The Morgan fingerprint density at radius 2 is 1.94 bits per heavy atom. The molecule has 0 spiro atoms. The molecule has 0 aromatic heterocycles. The van der Waals surface area contributed by atoms with Crippen molar-refractivity contribution in [3.8, 4) is 0 Å². The van der Waals surface area contributed by atoms with Crippen LogP contribution < -0.4 is 4.46 Å². The Kier molecular flexibility index (Phi) is 4.10. The minimum atomic E-state index is -1.00. The van der Waals surface area contributed by atoms with E-state index in [1.165, 1.54) is 0 Å². The molecule has 0 aliphatic rings. The predicted octanol–water partition coefficient (Wildman–Crippen LogP) is 0.916. The van der Waals surface area contributed by atoms with Crippen LogP contribution in [0.25, 0.3) is 0 Å². The maximum atomic E-state index is 11.0. The van der Waals surface area contributed by atoms with E-state index in [0.717, 1.165) is 5.56 Å². The van der Waals surface area contributed by atoms with Gasteiger partial charge in [-0.3, -0.25) is 0 Å². The molecular weight excluding hydrogens is 275 g/mol. The zero-order valence-electron chi connectivity index (χ0n) is 8.93. The van der Waals surface area contributed by atoms with Crippen molar-refractivity contribution >= 4 is 31.4 Å². The standard InChI is InChI=1S/C11H12O4Se/c1-6-3-4-9(8(5-6)11(14)15)16-7(2)10(12)13/h3-5,7H,1-2H3,(H,12,13)(H,14,15). The molecule has 0 fully saturated rings. The van der Waals surface area contributed by atoms with Crippen molar-refractivity contribution in [3.63, 3.8) is 0 Å². The van der Waals surface area contributed by atoms with Crippen LogP contribution in [0.1, 0.15) is 22.8 Å². The maximum absolute atomic E-state index is 11.0. The van der Waals surface area contributed by atoms with Crippen molar-refractivity contribution < 1.29 is 19.8 Å². The van der Waals surface area contributed by atoms with Gasteiger partial charge in [-0.2, -0.15) is 0 Å². The van der Waals surface area contributed by atoms with Crippen LogP contribution in [0.2, 0.25) is 4.82 Å². The Morgan fingerprint density at radius 1 is 1.31 bits per heavy atom.